The van der Waals surface area contributed by atoms with Crippen LogP contribution in [0.5, 0.6) is 0 Å². The molecule has 1 aliphatic heterocycles. The second kappa shape index (κ2) is 7.57. The quantitative estimate of drug-likeness (QED) is 0.598. The molecule has 0 spiro atoms. The molecule has 0 saturated carbocycles. The summed E-state index contributed by atoms with van der Waals surface area (Å²) in [6.45, 7) is 3.87. The Morgan fingerprint density at radius 3 is 2.17 bits per heavy atom. The number of anilines is 2. The zero-order valence-corrected chi connectivity index (χ0v) is 16.8. The number of benzene rings is 3. The Morgan fingerprint density at radius 1 is 0.828 bits per heavy atom. The lowest BCUT2D eigenvalue weighted by Crippen LogP contribution is -2.33. The average molecular weight is 403 g/mol. The Balaban J connectivity index is 1.84. The van der Waals surface area contributed by atoms with Crippen molar-refractivity contribution in [2.45, 2.75) is 13.8 Å². The second-order valence-electron chi connectivity index (χ2n) is 6.98. The zero-order valence-electron chi connectivity index (χ0n) is 16.1. The first-order valence-electron chi connectivity index (χ1n) is 9.24. The summed E-state index contributed by atoms with van der Waals surface area (Å²) in [6.07, 6.45) is 0. The molecule has 3 aromatic rings. The van der Waals surface area contributed by atoms with E-state index < -0.39 is 0 Å². The normalized spacial score (nSPS) is 14.0. The molecule has 1 heterocycles. The molecule has 0 aromatic heterocycles. The fourth-order valence-corrected chi connectivity index (χ4v) is 3.60. The van der Waals surface area contributed by atoms with E-state index in [-0.39, 0.29) is 17.5 Å². The molecule has 3 aromatic carbocycles. The molecule has 0 radical (unpaired) electrons. The van der Waals surface area contributed by atoms with E-state index >= 15 is 0 Å². The fraction of sp³-hybridized carbons (Fsp3) is 0.0833. The molecule has 144 valence electrons. The van der Waals surface area contributed by atoms with Gasteiger partial charge in [0.1, 0.15) is 5.70 Å². The molecule has 1 N–H and O–H groups in total. The first-order valence-corrected chi connectivity index (χ1v) is 9.62. The van der Waals surface area contributed by atoms with Crippen molar-refractivity contribution in [1.82, 2.24) is 0 Å². The molecule has 0 unspecified atom stereocenters. The van der Waals surface area contributed by atoms with Crippen molar-refractivity contribution in [2.24, 2.45) is 0 Å². The first-order chi connectivity index (χ1) is 14.0. The van der Waals surface area contributed by atoms with Crippen LogP contribution in [0.4, 0.5) is 11.4 Å². The monoisotopic (exact) mass is 402 g/mol. The van der Waals surface area contributed by atoms with E-state index in [2.05, 4.69) is 5.32 Å². The van der Waals surface area contributed by atoms with Gasteiger partial charge in [0.05, 0.1) is 11.3 Å². The summed E-state index contributed by atoms with van der Waals surface area (Å²) < 4.78 is 0. The summed E-state index contributed by atoms with van der Waals surface area (Å²) >= 11 is 6.02. The van der Waals surface area contributed by atoms with Crippen molar-refractivity contribution in [3.63, 3.8) is 0 Å². The van der Waals surface area contributed by atoms with Gasteiger partial charge in [-0.1, -0.05) is 59.6 Å². The Hall–Kier alpha value is -3.37. The molecule has 0 aliphatic carbocycles. The van der Waals surface area contributed by atoms with Gasteiger partial charge in [0.2, 0.25) is 0 Å². The van der Waals surface area contributed by atoms with Crippen LogP contribution in [0.1, 0.15) is 16.7 Å². The highest BCUT2D eigenvalue weighted by Crippen LogP contribution is 2.35. The second-order valence-corrected chi connectivity index (χ2v) is 7.42. The van der Waals surface area contributed by atoms with Crippen molar-refractivity contribution in [3.8, 4) is 0 Å². The van der Waals surface area contributed by atoms with E-state index in [4.69, 9.17) is 11.6 Å². The molecule has 0 saturated heterocycles. The van der Waals surface area contributed by atoms with Crippen LogP contribution in [-0.2, 0) is 9.59 Å². The van der Waals surface area contributed by atoms with Crippen LogP contribution in [0.15, 0.2) is 78.5 Å². The maximum atomic E-state index is 13.4. The topological polar surface area (TPSA) is 49.4 Å². The van der Waals surface area contributed by atoms with Crippen LogP contribution in [0, 0.1) is 13.8 Å². The van der Waals surface area contributed by atoms with Crippen molar-refractivity contribution < 1.29 is 9.59 Å². The maximum absolute atomic E-state index is 13.4. The highest BCUT2D eigenvalue weighted by molar-refractivity contribution is 6.46. The number of imide groups is 1. The SMILES string of the molecule is Cc1ccc(N2C(=O)C(Nc3ccccc3)=C(c3ccc(Cl)cc3)C2=O)c(C)c1. The lowest BCUT2D eigenvalue weighted by Gasteiger charge is -2.18. The van der Waals surface area contributed by atoms with Crippen LogP contribution < -0.4 is 10.2 Å². The molecular weight excluding hydrogens is 384 g/mol. The van der Waals surface area contributed by atoms with E-state index in [0.29, 0.717) is 21.8 Å². The molecule has 1 aliphatic rings. The van der Waals surface area contributed by atoms with E-state index in [1.807, 2.05) is 62.4 Å². The number of amides is 2. The molecule has 2 amide bonds. The van der Waals surface area contributed by atoms with Gasteiger partial charge in [-0.15, -0.1) is 0 Å². The number of rotatable bonds is 4. The summed E-state index contributed by atoms with van der Waals surface area (Å²) in [6, 6.07) is 21.9. The van der Waals surface area contributed by atoms with Crippen molar-refractivity contribution in [2.75, 3.05) is 10.2 Å². The molecule has 0 atom stereocenters. The molecule has 29 heavy (non-hydrogen) atoms. The largest absolute Gasteiger partial charge is 0.350 e. The number of para-hydroxylation sites is 1. The van der Waals surface area contributed by atoms with Gasteiger partial charge in [0.25, 0.3) is 11.8 Å². The van der Waals surface area contributed by atoms with E-state index in [9.17, 15) is 9.59 Å². The van der Waals surface area contributed by atoms with Gasteiger partial charge in [-0.25, -0.2) is 4.90 Å². The number of hydrogen-bond donors (Lipinski definition) is 1. The number of aryl methyl sites for hydroxylation is 2. The summed E-state index contributed by atoms with van der Waals surface area (Å²) in [5.41, 5.74) is 4.47. The Kier molecular flexibility index (Phi) is 4.95. The summed E-state index contributed by atoms with van der Waals surface area (Å²) in [4.78, 5) is 28.0. The minimum absolute atomic E-state index is 0.253. The fourth-order valence-electron chi connectivity index (χ4n) is 3.47. The third kappa shape index (κ3) is 3.55. The van der Waals surface area contributed by atoms with Crippen molar-refractivity contribution in [3.05, 3.63) is 100 Å². The average Bonchev–Trinajstić information content (AvgIpc) is 2.94. The van der Waals surface area contributed by atoms with Crippen LogP contribution in [-0.4, -0.2) is 11.8 Å². The van der Waals surface area contributed by atoms with Crippen molar-refractivity contribution in [1.29, 1.82) is 0 Å². The van der Waals surface area contributed by atoms with Gasteiger partial charge in [-0.2, -0.15) is 0 Å². The standard InChI is InChI=1S/C24H19ClN2O2/c1-15-8-13-20(16(2)14-15)27-23(28)21(17-9-11-18(25)12-10-17)22(24(27)29)26-19-6-4-3-5-7-19/h3-14,26H,1-2H3. The minimum Gasteiger partial charge on any atom is -0.350 e. The van der Waals surface area contributed by atoms with Crippen LogP contribution >= 0.6 is 11.6 Å². The number of halogens is 1. The van der Waals surface area contributed by atoms with Gasteiger partial charge in [0.15, 0.2) is 0 Å². The summed E-state index contributed by atoms with van der Waals surface area (Å²) in [7, 11) is 0. The summed E-state index contributed by atoms with van der Waals surface area (Å²) in [5, 5.41) is 3.71. The zero-order chi connectivity index (χ0) is 20.5. The third-order valence-electron chi connectivity index (χ3n) is 4.85. The molecule has 5 heteroatoms. The molecule has 4 nitrogen and oxygen atoms in total. The maximum Gasteiger partial charge on any atom is 0.282 e. The molecule has 0 fully saturated rings. The lowest BCUT2D eigenvalue weighted by atomic mass is 10.0. The van der Waals surface area contributed by atoms with Crippen LogP contribution in [0.25, 0.3) is 5.57 Å². The first kappa shape index (κ1) is 19.0. The van der Waals surface area contributed by atoms with Gasteiger partial charge in [-0.05, 0) is 55.3 Å². The van der Waals surface area contributed by atoms with Crippen LogP contribution in [0.3, 0.4) is 0 Å². The number of nitrogens with zero attached hydrogens (tertiary/aromatic N) is 1. The van der Waals surface area contributed by atoms with E-state index in [1.165, 1.54) is 4.90 Å². The van der Waals surface area contributed by atoms with Gasteiger partial charge in [-0.3, -0.25) is 9.59 Å². The minimum atomic E-state index is -0.379. The van der Waals surface area contributed by atoms with Gasteiger partial charge in [0, 0.05) is 10.7 Å². The predicted octanol–water partition coefficient (Wildman–Crippen LogP) is 5.35. The predicted molar refractivity (Wildman–Crippen MR) is 117 cm³/mol. The van der Waals surface area contributed by atoms with Crippen LogP contribution in [0.2, 0.25) is 5.02 Å². The third-order valence-corrected chi connectivity index (χ3v) is 5.11. The van der Waals surface area contributed by atoms with Crippen molar-refractivity contribution >= 4 is 40.4 Å². The molecule has 4 rings (SSSR count). The Morgan fingerprint density at radius 2 is 1.52 bits per heavy atom. The molecular formula is C24H19ClN2O2. The highest BCUT2D eigenvalue weighted by Gasteiger charge is 2.40. The highest BCUT2D eigenvalue weighted by atomic mass is 35.5. The summed E-state index contributed by atoms with van der Waals surface area (Å²) in [5.74, 6) is -0.738. The van der Waals surface area contributed by atoms with E-state index in [0.717, 1.165) is 16.8 Å². The number of hydrogen-bond acceptors (Lipinski definition) is 3. The lowest BCUT2D eigenvalue weighted by molar-refractivity contribution is -0.120. The number of carbonyl (C=O) groups excluding carboxylic acids is 2. The smallest absolute Gasteiger partial charge is 0.282 e. The molecule has 0 bridgehead atoms. The number of carbonyl (C=O) groups is 2. The van der Waals surface area contributed by atoms with E-state index in [1.54, 1.807) is 24.3 Å². The Labute approximate surface area is 174 Å². The Bertz CT molecular complexity index is 1140. The number of nitrogens with one attached hydrogen (secondary N) is 1. The van der Waals surface area contributed by atoms with Gasteiger partial charge >= 0.3 is 0 Å². The van der Waals surface area contributed by atoms with Gasteiger partial charge < -0.3 is 5.32 Å².